The van der Waals surface area contributed by atoms with Gasteiger partial charge in [0, 0.05) is 26.1 Å². The van der Waals surface area contributed by atoms with Crippen LogP contribution in [0.1, 0.15) is 94.1 Å². The van der Waals surface area contributed by atoms with E-state index in [1.807, 2.05) is 35.2 Å². The van der Waals surface area contributed by atoms with Gasteiger partial charge in [0.05, 0.1) is 106 Å². The third-order valence-electron chi connectivity index (χ3n) is 10.5. The van der Waals surface area contributed by atoms with Gasteiger partial charge >= 0.3 is 35.8 Å². The minimum absolute atomic E-state index is 0.0162. The van der Waals surface area contributed by atoms with E-state index in [1.165, 1.54) is 37.8 Å². The predicted molar refractivity (Wildman–Crippen MR) is 258 cm³/mol. The Morgan fingerprint density at radius 3 is 1.46 bits per heavy atom. The van der Waals surface area contributed by atoms with Crippen LogP contribution in [-0.2, 0) is 81.6 Å². The van der Waals surface area contributed by atoms with Gasteiger partial charge in [-0.15, -0.1) is 15.3 Å². The van der Waals surface area contributed by atoms with Crippen LogP contribution < -0.4 is 0 Å². The maximum Gasteiger partial charge on any atom is 0.330 e. The highest BCUT2D eigenvalue weighted by molar-refractivity contribution is 9.19. The van der Waals surface area contributed by atoms with Crippen LogP contribution in [0.2, 0.25) is 0 Å². The Balaban J connectivity index is 0.00000246. The summed E-state index contributed by atoms with van der Waals surface area (Å²) in [4.78, 5) is 86.7. The number of carbonyl (C=O) groups excluding carboxylic acids is 7. The van der Waals surface area contributed by atoms with Crippen LogP contribution in [0.15, 0.2) is 48.9 Å². The quantitative estimate of drug-likeness (QED) is 0.0258. The Kier molecular flexibility index (Phi) is 24.9. The second kappa shape index (κ2) is 29.7. The minimum Gasteiger partial charge on any atom is -0.469 e. The van der Waals surface area contributed by atoms with E-state index in [1.54, 1.807) is 51.0 Å². The van der Waals surface area contributed by atoms with Crippen LogP contribution in [0.3, 0.4) is 0 Å². The number of alkyl halides is 2. The molecule has 4 rings (SSSR count). The number of rotatable bonds is 27. The summed E-state index contributed by atoms with van der Waals surface area (Å²) in [5, 5.41) is 26.6. The SMILES string of the molecule is COC(=O)C(C)CC(C(=O)OC)n1cc(CN(Cc2cn(C(CC(C)C(=O)OC)C(=O)OC)nn2)Cc2cn(C(CC(C)(C)C(=O)OCCCOC(=O)CBr)c3ccccc3)nn2)nn1.O=C(Br)CBr. The number of hydrogen-bond acceptors (Lipinski definition) is 20. The second-order valence-corrected chi connectivity index (χ2v) is 18.5. The number of halogens is 3. The Labute approximate surface area is 430 Å². The van der Waals surface area contributed by atoms with Crippen molar-refractivity contribution < 1.29 is 62.0 Å². The lowest BCUT2D eigenvalue weighted by molar-refractivity contribution is -0.155. The molecule has 0 aliphatic rings. The summed E-state index contributed by atoms with van der Waals surface area (Å²) < 4.78 is 34.8. The summed E-state index contributed by atoms with van der Waals surface area (Å²) in [7, 11) is 5.01. The normalized spacial score (nSPS) is 13.4. The van der Waals surface area contributed by atoms with Gasteiger partial charge < -0.3 is 28.4 Å². The van der Waals surface area contributed by atoms with Crippen LogP contribution >= 0.6 is 47.8 Å². The van der Waals surface area contributed by atoms with E-state index in [2.05, 4.69) is 78.7 Å². The molecule has 0 radical (unpaired) electrons. The molecule has 0 saturated carbocycles. The van der Waals surface area contributed by atoms with E-state index >= 15 is 0 Å². The molecule has 5 atom stereocenters. The molecule has 0 aliphatic carbocycles. The van der Waals surface area contributed by atoms with E-state index in [4.69, 9.17) is 28.4 Å². The predicted octanol–water partition coefficient (Wildman–Crippen LogP) is 4.67. The number of methoxy groups -OCH3 is 4. The molecular formula is C44H59Br3N10O13. The Morgan fingerprint density at radius 2 is 1.04 bits per heavy atom. The first-order valence-electron chi connectivity index (χ1n) is 21.7. The number of aromatic nitrogens is 9. The molecule has 0 aliphatic heterocycles. The average molecular weight is 1180 g/mol. The summed E-state index contributed by atoms with van der Waals surface area (Å²) in [5.41, 5.74) is 1.30. The largest absolute Gasteiger partial charge is 0.469 e. The van der Waals surface area contributed by atoms with E-state index < -0.39 is 71.2 Å². The van der Waals surface area contributed by atoms with Gasteiger partial charge in [0.25, 0.3) is 0 Å². The molecule has 23 nitrogen and oxygen atoms in total. The van der Waals surface area contributed by atoms with Crippen molar-refractivity contribution in [3.05, 3.63) is 71.6 Å². The van der Waals surface area contributed by atoms with Crippen LogP contribution in [0.5, 0.6) is 0 Å². The van der Waals surface area contributed by atoms with Gasteiger partial charge in [-0.25, -0.2) is 23.6 Å². The lowest BCUT2D eigenvalue weighted by Crippen LogP contribution is -2.31. The van der Waals surface area contributed by atoms with Gasteiger partial charge in [-0.05, 0) is 54.6 Å². The molecule has 70 heavy (non-hydrogen) atoms. The maximum absolute atomic E-state index is 13.4. The van der Waals surface area contributed by atoms with Crippen molar-refractivity contribution in [1.82, 2.24) is 49.9 Å². The molecule has 4 aromatic rings. The highest BCUT2D eigenvalue weighted by Crippen LogP contribution is 2.34. The highest BCUT2D eigenvalue weighted by atomic mass is 79.9. The highest BCUT2D eigenvalue weighted by Gasteiger charge is 2.35. The molecule has 0 saturated heterocycles. The number of nitrogens with zero attached hydrogens (tertiary/aromatic N) is 10. The van der Waals surface area contributed by atoms with Crippen molar-refractivity contribution in [3.63, 3.8) is 0 Å². The summed E-state index contributed by atoms with van der Waals surface area (Å²) in [6.45, 7) is 7.48. The molecule has 0 bridgehead atoms. The fraction of sp³-hybridized carbons (Fsp3) is 0.568. The van der Waals surface area contributed by atoms with Crippen molar-refractivity contribution in [2.45, 2.75) is 91.1 Å². The monoisotopic (exact) mass is 1170 g/mol. The average Bonchev–Trinajstić information content (AvgIpc) is 4.15. The van der Waals surface area contributed by atoms with E-state index in [-0.39, 0.29) is 55.7 Å². The Morgan fingerprint density at radius 1 is 0.629 bits per heavy atom. The molecule has 0 fully saturated rings. The maximum atomic E-state index is 13.4. The fourth-order valence-electron chi connectivity index (χ4n) is 6.88. The summed E-state index contributed by atoms with van der Waals surface area (Å²) >= 11 is 8.65. The summed E-state index contributed by atoms with van der Waals surface area (Å²) in [6, 6.07) is 7.14. The van der Waals surface area contributed by atoms with Gasteiger partial charge in [-0.1, -0.05) is 91.7 Å². The molecule has 3 aromatic heterocycles. The molecule has 26 heteroatoms. The van der Waals surface area contributed by atoms with Crippen LogP contribution in [0, 0.1) is 17.3 Å². The van der Waals surface area contributed by atoms with Gasteiger partial charge in [-0.3, -0.25) is 28.9 Å². The van der Waals surface area contributed by atoms with Gasteiger partial charge in [0.2, 0.25) is 4.69 Å². The second-order valence-electron chi connectivity index (χ2n) is 16.5. The van der Waals surface area contributed by atoms with E-state index in [0.29, 0.717) is 35.3 Å². The fourth-order valence-corrected chi connectivity index (χ4v) is 7.04. The molecule has 384 valence electrons. The first kappa shape index (κ1) is 58.8. The zero-order chi connectivity index (χ0) is 52.0. The summed E-state index contributed by atoms with van der Waals surface area (Å²) in [5.74, 6) is -4.38. The molecule has 1 aromatic carbocycles. The minimum atomic E-state index is -0.980. The molecule has 3 heterocycles. The van der Waals surface area contributed by atoms with Crippen molar-refractivity contribution in [1.29, 1.82) is 0 Å². The smallest absolute Gasteiger partial charge is 0.330 e. The Bertz CT molecular complexity index is 2240. The topological polar surface area (TPSA) is 270 Å². The van der Waals surface area contributed by atoms with Gasteiger partial charge in [0.1, 0.15) is 5.33 Å². The Hall–Kier alpha value is -5.47. The standard InChI is InChI=1S/C42H57BrN10O12.C2H2Br2O/c1-27(37(55)60-5)17-33(39(57)62-7)51-24-30(44-47-51)21-50(22-31-25-52(48-45-31)34(40(58)63-8)18-28(2)38(56)61-6)23-32-26-53(49-46-32)35(29-13-10-9-11-14-29)19-42(3,4)41(59)65-16-12-15-64-36(54)20-43;3-1-2(4)5/h9-11,13-14,24-28,33-35H,12,15-23H2,1-8H3;1H2. The van der Waals surface area contributed by atoms with Crippen LogP contribution in [0.25, 0.3) is 0 Å². The zero-order valence-electron chi connectivity index (χ0n) is 40.2. The van der Waals surface area contributed by atoms with Crippen molar-refractivity contribution in [2.75, 3.05) is 52.3 Å². The number of esters is 6. The number of benzene rings is 1. The molecule has 0 amide bonds. The molecular weight excluding hydrogens is 1120 g/mol. The van der Waals surface area contributed by atoms with Gasteiger partial charge in [-0.2, -0.15) is 0 Å². The lowest BCUT2D eigenvalue weighted by atomic mass is 9.83. The van der Waals surface area contributed by atoms with E-state index in [9.17, 15) is 33.6 Å². The van der Waals surface area contributed by atoms with Crippen molar-refractivity contribution in [2.24, 2.45) is 17.3 Å². The first-order valence-corrected chi connectivity index (χ1v) is 24.8. The third-order valence-corrected chi connectivity index (χ3v) is 12.5. The molecule has 0 N–H and O–H groups in total. The van der Waals surface area contributed by atoms with Crippen molar-refractivity contribution in [3.8, 4) is 0 Å². The van der Waals surface area contributed by atoms with Gasteiger partial charge in [0.15, 0.2) is 12.1 Å². The number of carbonyl (C=O) groups is 7. The molecule has 5 unspecified atom stereocenters. The van der Waals surface area contributed by atoms with Crippen LogP contribution in [0.4, 0.5) is 0 Å². The first-order chi connectivity index (χ1) is 33.3. The third kappa shape index (κ3) is 18.7. The number of hydrogen-bond donors (Lipinski definition) is 0. The lowest BCUT2D eigenvalue weighted by Gasteiger charge is -2.28. The molecule has 0 spiro atoms. The zero-order valence-corrected chi connectivity index (χ0v) is 45.0. The number of ether oxygens (including phenoxy) is 6. The van der Waals surface area contributed by atoms with Crippen molar-refractivity contribution >= 4 is 88.3 Å². The van der Waals surface area contributed by atoms with E-state index in [0.717, 1.165) is 5.56 Å². The summed E-state index contributed by atoms with van der Waals surface area (Å²) in [6.07, 6.45) is 5.66. The van der Waals surface area contributed by atoms with Crippen LogP contribution in [-0.4, -0.2) is 143 Å².